The largest absolute Gasteiger partial charge is 0.403 e. The van der Waals surface area contributed by atoms with Gasteiger partial charge in [-0.15, -0.1) is 0 Å². The standard InChI is InChI=1S/C29H30F3N7O4S/c30-29(31,32)17-44(41,42)23-5-6-25(34-15-23)24-13-18-14-35-28(38-26(18)39(27(24)40)22-9-12-43-16-22)37-20-3-1-19(2-4-20)36-21-7-10-33-11-8-21/h1-6,13-15,21-22,33,36H,7-12,16-17H2,(H,35,37,38). The number of nitrogens with one attached hydrogen (secondary N) is 3. The molecule has 0 saturated carbocycles. The van der Waals surface area contributed by atoms with Crippen molar-refractivity contribution in [3.05, 3.63) is 65.2 Å². The molecule has 0 amide bonds. The molecule has 0 radical (unpaired) electrons. The number of sulfone groups is 1. The summed E-state index contributed by atoms with van der Waals surface area (Å²) < 4.78 is 69.6. The molecule has 0 bridgehead atoms. The Morgan fingerprint density at radius 3 is 2.41 bits per heavy atom. The predicted octanol–water partition coefficient (Wildman–Crippen LogP) is 4.06. The number of halogens is 3. The first-order valence-electron chi connectivity index (χ1n) is 14.2. The van der Waals surface area contributed by atoms with Crippen molar-refractivity contribution in [2.24, 2.45) is 0 Å². The third-order valence-corrected chi connectivity index (χ3v) is 9.29. The van der Waals surface area contributed by atoms with Crippen LogP contribution >= 0.6 is 0 Å². The first kappa shape index (κ1) is 30.0. The molecule has 2 aliphatic rings. The fraction of sp³-hybridized carbons (Fsp3) is 0.379. The molecule has 1 unspecified atom stereocenters. The van der Waals surface area contributed by atoms with Crippen LogP contribution in [0.25, 0.3) is 22.3 Å². The average Bonchev–Trinajstić information content (AvgIpc) is 3.52. The summed E-state index contributed by atoms with van der Waals surface area (Å²) in [7, 11) is -4.64. The van der Waals surface area contributed by atoms with Gasteiger partial charge in [0.05, 0.1) is 28.8 Å². The second-order valence-electron chi connectivity index (χ2n) is 10.8. The summed E-state index contributed by atoms with van der Waals surface area (Å²) in [4.78, 5) is 26.4. The number of piperidine rings is 1. The van der Waals surface area contributed by atoms with Crippen LogP contribution in [0.1, 0.15) is 25.3 Å². The number of benzene rings is 1. The van der Waals surface area contributed by atoms with Crippen molar-refractivity contribution in [2.45, 2.75) is 42.4 Å². The zero-order valence-electron chi connectivity index (χ0n) is 23.5. The molecule has 11 nitrogen and oxygen atoms in total. The smallest absolute Gasteiger partial charge is 0.382 e. The Balaban J connectivity index is 1.30. The predicted molar refractivity (Wildman–Crippen MR) is 159 cm³/mol. The lowest BCUT2D eigenvalue weighted by Gasteiger charge is -2.24. The lowest BCUT2D eigenvalue weighted by molar-refractivity contribution is -0.106. The van der Waals surface area contributed by atoms with E-state index >= 15 is 0 Å². The number of rotatable bonds is 8. The molecule has 0 aliphatic carbocycles. The van der Waals surface area contributed by atoms with E-state index < -0.39 is 32.2 Å². The summed E-state index contributed by atoms with van der Waals surface area (Å²) in [6.07, 6.45) is 0.193. The lowest BCUT2D eigenvalue weighted by atomic mass is 10.1. The second-order valence-corrected chi connectivity index (χ2v) is 12.8. The van der Waals surface area contributed by atoms with E-state index in [0.29, 0.717) is 36.7 Å². The number of nitrogens with zero attached hydrogens (tertiary/aromatic N) is 4. The number of pyridine rings is 2. The molecule has 2 fully saturated rings. The molecule has 3 N–H and O–H groups in total. The molecular formula is C29H30F3N7O4S. The molecule has 44 heavy (non-hydrogen) atoms. The average molecular weight is 630 g/mol. The second kappa shape index (κ2) is 12.1. The maximum Gasteiger partial charge on any atom is 0.403 e. The van der Waals surface area contributed by atoms with Crippen molar-refractivity contribution in [2.75, 3.05) is 42.7 Å². The molecule has 1 aromatic carbocycles. The first-order valence-corrected chi connectivity index (χ1v) is 15.8. The van der Waals surface area contributed by atoms with Crippen molar-refractivity contribution in [1.29, 1.82) is 0 Å². The van der Waals surface area contributed by atoms with Gasteiger partial charge in [0.25, 0.3) is 5.56 Å². The monoisotopic (exact) mass is 629 g/mol. The Morgan fingerprint density at radius 1 is 1.00 bits per heavy atom. The van der Waals surface area contributed by atoms with Gasteiger partial charge in [0.2, 0.25) is 5.95 Å². The Kier molecular flexibility index (Phi) is 8.26. The maximum atomic E-state index is 13.8. The van der Waals surface area contributed by atoms with Gasteiger partial charge in [-0.3, -0.25) is 14.3 Å². The van der Waals surface area contributed by atoms with E-state index in [1.54, 1.807) is 12.3 Å². The lowest BCUT2D eigenvalue weighted by Crippen LogP contribution is -2.35. The molecule has 232 valence electrons. The van der Waals surface area contributed by atoms with Gasteiger partial charge in [-0.05, 0) is 74.8 Å². The third-order valence-electron chi connectivity index (χ3n) is 7.62. The van der Waals surface area contributed by atoms with Gasteiger partial charge in [0, 0.05) is 41.8 Å². The Morgan fingerprint density at radius 2 is 1.75 bits per heavy atom. The molecule has 15 heteroatoms. The van der Waals surface area contributed by atoms with E-state index in [1.165, 1.54) is 10.6 Å². The number of anilines is 3. The maximum absolute atomic E-state index is 13.8. The molecule has 2 saturated heterocycles. The third kappa shape index (κ3) is 6.69. The highest BCUT2D eigenvalue weighted by Gasteiger charge is 2.36. The summed E-state index contributed by atoms with van der Waals surface area (Å²) >= 11 is 0. The van der Waals surface area contributed by atoms with Crippen molar-refractivity contribution < 1.29 is 26.3 Å². The summed E-state index contributed by atoms with van der Waals surface area (Å²) in [5.41, 5.74) is 1.95. The van der Waals surface area contributed by atoms with E-state index in [9.17, 15) is 26.4 Å². The van der Waals surface area contributed by atoms with Crippen LogP contribution in [0.15, 0.2) is 64.5 Å². The fourth-order valence-electron chi connectivity index (χ4n) is 5.43. The highest BCUT2D eigenvalue weighted by molar-refractivity contribution is 7.91. The summed E-state index contributed by atoms with van der Waals surface area (Å²) in [5, 5.41) is 10.6. The van der Waals surface area contributed by atoms with Crippen LogP contribution in [-0.2, 0) is 14.6 Å². The van der Waals surface area contributed by atoms with Crippen LogP contribution in [0.4, 0.5) is 30.5 Å². The van der Waals surface area contributed by atoms with Crippen molar-refractivity contribution in [3.63, 3.8) is 0 Å². The van der Waals surface area contributed by atoms with Crippen molar-refractivity contribution in [3.8, 4) is 11.3 Å². The minimum Gasteiger partial charge on any atom is -0.382 e. The fourth-order valence-corrected chi connectivity index (χ4v) is 6.52. The summed E-state index contributed by atoms with van der Waals surface area (Å²) in [6, 6.07) is 11.7. The Bertz CT molecular complexity index is 1800. The van der Waals surface area contributed by atoms with Crippen molar-refractivity contribution >= 4 is 38.2 Å². The molecule has 5 heterocycles. The molecule has 3 aromatic heterocycles. The number of ether oxygens (including phenoxy) is 1. The number of aromatic nitrogens is 4. The van der Waals surface area contributed by atoms with Crippen LogP contribution in [0.3, 0.4) is 0 Å². The van der Waals surface area contributed by atoms with Crippen molar-refractivity contribution in [1.82, 2.24) is 24.8 Å². The molecule has 0 spiro atoms. The van der Waals surface area contributed by atoms with Crippen LogP contribution in [-0.4, -0.2) is 72.2 Å². The number of hydrogen-bond acceptors (Lipinski definition) is 10. The van der Waals surface area contributed by atoms with Crippen LogP contribution in [0.5, 0.6) is 0 Å². The highest BCUT2D eigenvalue weighted by Crippen LogP contribution is 2.28. The molecule has 2 aliphatic heterocycles. The normalized spacial score (nSPS) is 18.0. The Hall–Kier alpha value is -4.08. The van der Waals surface area contributed by atoms with E-state index in [0.717, 1.165) is 49.6 Å². The zero-order valence-corrected chi connectivity index (χ0v) is 24.3. The van der Waals surface area contributed by atoms with Gasteiger partial charge >= 0.3 is 6.18 Å². The van der Waals surface area contributed by atoms with Gasteiger partial charge < -0.3 is 20.7 Å². The van der Waals surface area contributed by atoms with E-state index in [4.69, 9.17) is 4.74 Å². The molecular weight excluding hydrogens is 599 g/mol. The van der Waals surface area contributed by atoms with Crippen LogP contribution in [0, 0.1) is 0 Å². The number of hydrogen-bond donors (Lipinski definition) is 3. The van der Waals surface area contributed by atoms with E-state index in [2.05, 4.69) is 30.9 Å². The SMILES string of the molecule is O=c1c(-c2ccc(S(=O)(=O)CC(F)(F)F)cn2)cc2cnc(Nc3ccc(NC4CCNCC4)cc3)nc2n1C1CCOC1. The van der Waals surface area contributed by atoms with Crippen LogP contribution in [0.2, 0.25) is 0 Å². The number of fused-ring (bicyclic) bond motifs is 1. The van der Waals surface area contributed by atoms with Gasteiger partial charge in [-0.2, -0.15) is 18.2 Å². The zero-order chi connectivity index (χ0) is 30.9. The van der Waals surface area contributed by atoms with Gasteiger partial charge in [0.1, 0.15) is 5.65 Å². The van der Waals surface area contributed by atoms with E-state index in [-0.39, 0.29) is 23.2 Å². The minimum absolute atomic E-state index is 0.107. The molecule has 4 aromatic rings. The first-order chi connectivity index (χ1) is 21.1. The Labute approximate surface area is 250 Å². The van der Waals surface area contributed by atoms with Gasteiger partial charge in [-0.25, -0.2) is 13.4 Å². The van der Waals surface area contributed by atoms with Crippen LogP contribution < -0.4 is 21.5 Å². The topological polar surface area (TPSA) is 140 Å². The van der Waals surface area contributed by atoms with Gasteiger partial charge in [0.15, 0.2) is 15.6 Å². The highest BCUT2D eigenvalue weighted by atomic mass is 32.2. The number of alkyl halides is 3. The van der Waals surface area contributed by atoms with Gasteiger partial charge in [-0.1, -0.05) is 0 Å². The minimum atomic E-state index is -4.89. The molecule has 1 atom stereocenters. The summed E-state index contributed by atoms with van der Waals surface area (Å²) in [5.74, 6) is -1.72. The van der Waals surface area contributed by atoms with E-state index in [1.807, 2.05) is 24.3 Å². The molecule has 6 rings (SSSR count). The summed E-state index contributed by atoms with van der Waals surface area (Å²) in [6.45, 7) is 2.74. The quantitative estimate of drug-likeness (QED) is 0.262.